The predicted octanol–water partition coefficient (Wildman–Crippen LogP) is 1.50. The normalized spacial score (nSPS) is 10.8. The molecule has 0 radical (unpaired) electrons. The average Bonchev–Trinajstić information content (AvgIpc) is 2.91. The zero-order valence-corrected chi connectivity index (χ0v) is 11.6. The van der Waals surface area contributed by atoms with Crippen LogP contribution in [-0.2, 0) is 4.74 Å². The molecule has 3 rings (SSSR count). The largest absolute Gasteiger partial charge is 0.476 e. The number of carbonyl (C=O) groups is 2. The Kier molecular flexibility index (Phi) is 3.14. The lowest BCUT2D eigenvalue weighted by Crippen LogP contribution is -2.10. The van der Waals surface area contributed by atoms with Crippen LogP contribution in [0.4, 0.5) is 5.69 Å². The van der Waals surface area contributed by atoms with Crippen molar-refractivity contribution >= 4 is 39.4 Å². The number of carboxylic acid groups (broad SMARTS) is 1. The number of ether oxygens (including phenoxy) is 1. The Morgan fingerprint density at radius 3 is 2.61 bits per heavy atom. The van der Waals surface area contributed by atoms with Gasteiger partial charge in [0.1, 0.15) is 0 Å². The molecule has 0 saturated carbocycles. The van der Waals surface area contributed by atoms with Crippen LogP contribution in [0.3, 0.4) is 0 Å². The fourth-order valence-corrected chi connectivity index (χ4v) is 2.31. The summed E-state index contributed by atoms with van der Waals surface area (Å²) in [6.07, 6.45) is 0. The van der Waals surface area contributed by atoms with E-state index in [9.17, 15) is 24.8 Å². The number of aromatic nitrogens is 3. The Morgan fingerprint density at radius 1 is 1.30 bits per heavy atom. The van der Waals surface area contributed by atoms with E-state index in [1.165, 1.54) is 18.2 Å². The summed E-state index contributed by atoms with van der Waals surface area (Å²) in [5, 5.41) is 27.6. The summed E-state index contributed by atoms with van der Waals surface area (Å²) < 4.78 is 4.60. The second kappa shape index (κ2) is 5.02. The van der Waals surface area contributed by atoms with Crippen molar-refractivity contribution in [3.63, 3.8) is 0 Å². The molecule has 2 heterocycles. The first-order valence-corrected chi connectivity index (χ1v) is 6.22. The van der Waals surface area contributed by atoms with E-state index in [0.29, 0.717) is 5.52 Å². The molecule has 0 spiro atoms. The molecule has 0 bridgehead atoms. The molecule has 0 aliphatic carbocycles. The number of non-ortho nitro benzene ring substituents is 1. The molecule has 0 aliphatic rings. The zero-order chi connectivity index (χ0) is 16.7. The molecule has 2 aromatic heterocycles. The summed E-state index contributed by atoms with van der Waals surface area (Å²) in [5.41, 5.74) is -0.370. The number of fused-ring (bicyclic) bond motifs is 3. The minimum Gasteiger partial charge on any atom is -0.476 e. The highest BCUT2D eigenvalue weighted by Crippen LogP contribution is 2.31. The first-order valence-electron chi connectivity index (χ1n) is 6.22. The van der Waals surface area contributed by atoms with E-state index >= 15 is 0 Å². The van der Waals surface area contributed by atoms with Gasteiger partial charge in [-0.25, -0.2) is 9.59 Å². The van der Waals surface area contributed by atoms with E-state index in [-0.39, 0.29) is 27.7 Å². The fraction of sp³-hybridized carbons (Fsp3) is 0.0769. The standard InChI is InChI=1S/C13H8N4O6/c1-23-13(20)10-8-6-4-5(17(21)22)2-3-7(6)14-9(8)11(12(18)19)16-15-10/h2-4,14H,1H3,(H,18,19). The highest BCUT2D eigenvalue weighted by atomic mass is 16.6. The van der Waals surface area contributed by atoms with Crippen LogP contribution in [0, 0.1) is 10.1 Å². The van der Waals surface area contributed by atoms with Gasteiger partial charge >= 0.3 is 11.9 Å². The van der Waals surface area contributed by atoms with E-state index in [1.54, 1.807) is 0 Å². The number of aromatic carboxylic acids is 1. The second-order valence-electron chi connectivity index (χ2n) is 4.56. The van der Waals surface area contributed by atoms with Gasteiger partial charge in [0.25, 0.3) is 5.69 Å². The van der Waals surface area contributed by atoms with Gasteiger partial charge < -0.3 is 14.8 Å². The van der Waals surface area contributed by atoms with E-state index in [0.717, 1.165) is 7.11 Å². The van der Waals surface area contributed by atoms with Crippen molar-refractivity contribution < 1.29 is 24.4 Å². The van der Waals surface area contributed by atoms with Crippen LogP contribution >= 0.6 is 0 Å². The number of hydrogen-bond donors (Lipinski definition) is 2. The number of nitrogens with zero attached hydrogens (tertiary/aromatic N) is 3. The van der Waals surface area contributed by atoms with Crippen LogP contribution in [0.2, 0.25) is 0 Å². The van der Waals surface area contributed by atoms with Gasteiger partial charge in [-0.1, -0.05) is 0 Å². The Balaban J connectivity index is 2.50. The molecular weight excluding hydrogens is 308 g/mol. The van der Waals surface area contributed by atoms with E-state index in [2.05, 4.69) is 19.9 Å². The third-order valence-corrected chi connectivity index (χ3v) is 3.30. The molecule has 0 saturated heterocycles. The fourth-order valence-electron chi connectivity index (χ4n) is 2.31. The summed E-state index contributed by atoms with van der Waals surface area (Å²) in [6, 6.07) is 3.91. The number of rotatable bonds is 3. The topological polar surface area (TPSA) is 148 Å². The molecule has 0 amide bonds. The van der Waals surface area contributed by atoms with Gasteiger partial charge in [-0.15, -0.1) is 10.2 Å². The van der Waals surface area contributed by atoms with E-state index in [4.69, 9.17) is 0 Å². The van der Waals surface area contributed by atoms with Crippen molar-refractivity contribution in [1.29, 1.82) is 0 Å². The van der Waals surface area contributed by atoms with Gasteiger partial charge in [0.05, 0.1) is 17.5 Å². The van der Waals surface area contributed by atoms with Crippen molar-refractivity contribution in [3.8, 4) is 0 Å². The van der Waals surface area contributed by atoms with Gasteiger partial charge in [0, 0.05) is 28.4 Å². The van der Waals surface area contributed by atoms with Crippen molar-refractivity contribution in [2.45, 2.75) is 0 Å². The average molecular weight is 316 g/mol. The van der Waals surface area contributed by atoms with Crippen LogP contribution in [-0.4, -0.2) is 44.3 Å². The molecule has 2 N–H and O–H groups in total. The highest BCUT2D eigenvalue weighted by Gasteiger charge is 2.24. The Hall–Kier alpha value is -3.56. The predicted molar refractivity (Wildman–Crippen MR) is 76.3 cm³/mol. The van der Waals surface area contributed by atoms with Gasteiger partial charge in [-0.05, 0) is 6.07 Å². The summed E-state index contributed by atoms with van der Waals surface area (Å²) in [5.74, 6) is -2.17. The summed E-state index contributed by atoms with van der Waals surface area (Å²) >= 11 is 0. The van der Waals surface area contributed by atoms with Gasteiger partial charge in [-0.2, -0.15) is 0 Å². The van der Waals surface area contributed by atoms with Crippen LogP contribution in [0.15, 0.2) is 18.2 Å². The first-order chi connectivity index (χ1) is 10.9. The van der Waals surface area contributed by atoms with Crippen LogP contribution < -0.4 is 0 Å². The third-order valence-electron chi connectivity index (χ3n) is 3.30. The molecule has 1 aromatic carbocycles. The number of H-pyrrole nitrogens is 1. The molecule has 116 valence electrons. The van der Waals surface area contributed by atoms with Crippen molar-refractivity contribution in [1.82, 2.24) is 15.2 Å². The number of methoxy groups -OCH3 is 1. The number of nitro benzene ring substituents is 1. The zero-order valence-electron chi connectivity index (χ0n) is 11.6. The smallest absolute Gasteiger partial charge is 0.359 e. The molecule has 10 heteroatoms. The molecule has 3 aromatic rings. The van der Waals surface area contributed by atoms with Gasteiger partial charge in [-0.3, -0.25) is 10.1 Å². The summed E-state index contributed by atoms with van der Waals surface area (Å²) in [4.78, 5) is 36.3. The number of nitro groups is 1. The quantitative estimate of drug-likeness (QED) is 0.419. The van der Waals surface area contributed by atoms with Crippen molar-refractivity contribution in [2.24, 2.45) is 0 Å². The Labute approximate surface area is 126 Å². The van der Waals surface area contributed by atoms with Crippen molar-refractivity contribution in [2.75, 3.05) is 7.11 Å². The highest BCUT2D eigenvalue weighted by molar-refractivity contribution is 6.19. The number of carboxylic acids is 1. The van der Waals surface area contributed by atoms with Crippen molar-refractivity contribution in [3.05, 3.63) is 39.7 Å². The number of carbonyl (C=O) groups excluding carboxylic acids is 1. The lowest BCUT2D eigenvalue weighted by atomic mass is 10.1. The minimum absolute atomic E-state index is 0.0448. The number of esters is 1. The maximum Gasteiger partial charge on any atom is 0.359 e. The first kappa shape index (κ1) is 14.4. The lowest BCUT2D eigenvalue weighted by Gasteiger charge is -2.02. The van der Waals surface area contributed by atoms with Gasteiger partial charge in [0.15, 0.2) is 11.4 Å². The molecule has 0 atom stereocenters. The maximum atomic E-state index is 11.8. The number of hydrogen-bond acceptors (Lipinski definition) is 7. The van der Waals surface area contributed by atoms with Crippen LogP contribution in [0.5, 0.6) is 0 Å². The van der Waals surface area contributed by atoms with Gasteiger partial charge in [0.2, 0.25) is 0 Å². The Bertz CT molecular complexity index is 993. The number of benzene rings is 1. The molecular formula is C13H8N4O6. The second-order valence-corrected chi connectivity index (χ2v) is 4.56. The van der Waals surface area contributed by atoms with Crippen LogP contribution in [0.1, 0.15) is 21.0 Å². The molecule has 0 aliphatic heterocycles. The Morgan fingerprint density at radius 2 is 2.00 bits per heavy atom. The molecule has 10 nitrogen and oxygen atoms in total. The summed E-state index contributed by atoms with van der Waals surface area (Å²) in [6.45, 7) is 0. The minimum atomic E-state index is -1.35. The number of aromatic amines is 1. The monoisotopic (exact) mass is 316 g/mol. The lowest BCUT2D eigenvalue weighted by molar-refractivity contribution is -0.384. The molecule has 0 unspecified atom stereocenters. The summed E-state index contributed by atoms with van der Waals surface area (Å²) in [7, 11) is 1.14. The van der Waals surface area contributed by atoms with E-state index < -0.39 is 22.6 Å². The van der Waals surface area contributed by atoms with E-state index in [1.807, 2.05) is 0 Å². The maximum absolute atomic E-state index is 11.8. The molecule has 0 fully saturated rings. The van der Waals surface area contributed by atoms with Crippen LogP contribution in [0.25, 0.3) is 21.8 Å². The molecule has 23 heavy (non-hydrogen) atoms. The third kappa shape index (κ3) is 2.12. The SMILES string of the molecule is COC(=O)c1nnc(C(=O)O)c2[nH]c3ccc([N+](=O)[O-])cc3c12. The number of nitrogens with one attached hydrogen (secondary N) is 1.